The fraction of sp³-hybridized carbons (Fsp3) is 0.318. The van der Waals surface area contributed by atoms with E-state index >= 15 is 0 Å². The highest BCUT2D eigenvalue weighted by Gasteiger charge is 2.35. The number of carbonyl (C=O) groups excluding carboxylic acids is 2. The number of amides is 2. The number of carboxylic acids is 1. The molecule has 0 bridgehead atoms. The number of ether oxygens (including phenoxy) is 1. The Morgan fingerprint density at radius 3 is 2.41 bits per heavy atom. The van der Waals surface area contributed by atoms with E-state index in [1.54, 1.807) is 34.1 Å². The Balaban J connectivity index is 1.41. The summed E-state index contributed by atoms with van der Waals surface area (Å²) < 4.78 is 5.32. The van der Waals surface area contributed by atoms with Crippen molar-refractivity contribution in [2.75, 3.05) is 18.0 Å². The van der Waals surface area contributed by atoms with Gasteiger partial charge in [-0.15, -0.1) is 0 Å². The van der Waals surface area contributed by atoms with Crippen LogP contribution >= 0.6 is 0 Å². The summed E-state index contributed by atoms with van der Waals surface area (Å²) in [6.07, 6.45) is 0.953. The standard InChI is InChI=1S/C22H22N2O5/c25-20(26)13-15-5-7-16(8-6-15)21(27)23-11-9-18(10-12-23)24-19-4-2-1-3-17(19)14-29-22(24)28/h1-8,18H,9-14H2,(H,25,26). The molecule has 7 heteroatoms. The van der Waals surface area contributed by atoms with Crippen LogP contribution in [0.4, 0.5) is 10.5 Å². The largest absolute Gasteiger partial charge is 0.481 e. The van der Waals surface area contributed by atoms with Crippen molar-refractivity contribution in [3.63, 3.8) is 0 Å². The van der Waals surface area contributed by atoms with Gasteiger partial charge in [-0.25, -0.2) is 4.79 Å². The monoisotopic (exact) mass is 394 g/mol. The molecule has 1 saturated heterocycles. The second-order valence-corrected chi connectivity index (χ2v) is 7.34. The zero-order valence-corrected chi connectivity index (χ0v) is 15.9. The lowest BCUT2D eigenvalue weighted by atomic mass is 10.00. The SMILES string of the molecule is O=C(O)Cc1ccc(C(=O)N2CCC(N3C(=O)OCc4ccccc43)CC2)cc1. The van der Waals surface area contributed by atoms with Gasteiger partial charge in [0.05, 0.1) is 12.1 Å². The highest BCUT2D eigenvalue weighted by Crippen LogP contribution is 2.32. The topological polar surface area (TPSA) is 87.2 Å². The van der Waals surface area contributed by atoms with Crippen molar-refractivity contribution >= 4 is 23.7 Å². The number of aliphatic carboxylic acids is 1. The number of hydrogen-bond acceptors (Lipinski definition) is 4. The van der Waals surface area contributed by atoms with E-state index in [1.165, 1.54) is 0 Å². The molecule has 0 saturated carbocycles. The number of fused-ring (bicyclic) bond motifs is 1. The minimum absolute atomic E-state index is 0.00839. The summed E-state index contributed by atoms with van der Waals surface area (Å²) in [5, 5.41) is 8.85. The fourth-order valence-corrected chi connectivity index (χ4v) is 3.97. The molecule has 150 valence electrons. The lowest BCUT2D eigenvalue weighted by molar-refractivity contribution is -0.136. The second-order valence-electron chi connectivity index (χ2n) is 7.34. The predicted molar refractivity (Wildman–Crippen MR) is 106 cm³/mol. The number of nitrogens with zero attached hydrogens (tertiary/aromatic N) is 2. The van der Waals surface area contributed by atoms with Gasteiger partial charge in [-0.05, 0) is 36.6 Å². The predicted octanol–water partition coefficient (Wildman–Crippen LogP) is 3.08. The Bertz CT molecular complexity index is 932. The quantitative estimate of drug-likeness (QED) is 0.861. The number of hydrogen-bond donors (Lipinski definition) is 1. The maximum atomic E-state index is 12.8. The van der Waals surface area contributed by atoms with Crippen LogP contribution in [-0.2, 0) is 22.6 Å². The van der Waals surface area contributed by atoms with Crippen molar-refractivity contribution in [2.24, 2.45) is 0 Å². The van der Waals surface area contributed by atoms with E-state index in [0.717, 1.165) is 11.3 Å². The van der Waals surface area contributed by atoms with Crippen LogP contribution in [0.1, 0.15) is 34.3 Å². The average Bonchev–Trinajstić information content (AvgIpc) is 2.73. The third kappa shape index (κ3) is 3.94. The molecule has 2 amide bonds. The molecule has 1 fully saturated rings. The van der Waals surface area contributed by atoms with Gasteiger partial charge in [-0.3, -0.25) is 14.5 Å². The molecule has 2 heterocycles. The van der Waals surface area contributed by atoms with Crippen molar-refractivity contribution in [2.45, 2.75) is 31.9 Å². The number of rotatable bonds is 4. The molecule has 2 aromatic rings. The van der Waals surface area contributed by atoms with Gasteiger partial charge in [0.15, 0.2) is 0 Å². The lowest BCUT2D eigenvalue weighted by Gasteiger charge is -2.40. The average molecular weight is 394 g/mol. The van der Waals surface area contributed by atoms with Crippen molar-refractivity contribution in [3.8, 4) is 0 Å². The number of carboxylic acid groups (broad SMARTS) is 1. The number of carbonyl (C=O) groups is 3. The van der Waals surface area contributed by atoms with E-state index in [2.05, 4.69) is 0 Å². The fourth-order valence-electron chi connectivity index (χ4n) is 3.97. The molecule has 2 aliphatic heterocycles. The summed E-state index contributed by atoms with van der Waals surface area (Å²) in [5.41, 5.74) is 3.09. The lowest BCUT2D eigenvalue weighted by Crippen LogP contribution is -2.50. The Hall–Kier alpha value is -3.35. The smallest absolute Gasteiger partial charge is 0.414 e. The van der Waals surface area contributed by atoms with E-state index in [9.17, 15) is 14.4 Å². The summed E-state index contributed by atoms with van der Waals surface area (Å²) in [7, 11) is 0. The normalized spacial score (nSPS) is 16.9. The first kappa shape index (κ1) is 19.0. The first-order valence-electron chi connectivity index (χ1n) is 9.67. The zero-order chi connectivity index (χ0) is 20.4. The second kappa shape index (κ2) is 7.95. The van der Waals surface area contributed by atoms with Gasteiger partial charge in [-0.1, -0.05) is 30.3 Å². The molecule has 0 spiro atoms. The molecule has 7 nitrogen and oxygen atoms in total. The molecule has 0 aromatic heterocycles. The number of para-hydroxylation sites is 1. The Labute approximate surface area is 168 Å². The third-order valence-electron chi connectivity index (χ3n) is 5.47. The van der Waals surface area contributed by atoms with E-state index in [-0.39, 0.29) is 24.5 Å². The van der Waals surface area contributed by atoms with Crippen molar-refractivity contribution in [3.05, 3.63) is 65.2 Å². The van der Waals surface area contributed by atoms with E-state index in [1.807, 2.05) is 24.3 Å². The third-order valence-corrected chi connectivity index (χ3v) is 5.47. The highest BCUT2D eigenvalue weighted by atomic mass is 16.6. The van der Waals surface area contributed by atoms with Crippen LogP contribution in [0.15, 0.2) is 48.5 Å². The van der Waals surface area contributed by atoms with Crippen molar-refractivity contribution < 1.29 is 24.2 Å². The van der Waals surface area contributed by atoms with Crippen molar-refractivity contribution in [1.29, 1.82) is 0 Å². The molecular formula is C22H22N2O5. The summed E-state index contributed by atoms with van der Waals surface area (Å²) in [4.78, 5) is 39.5. The number of cyclic esters (lactones) is 1. The van der Waals surface area contributed by atoms with Crippen LogP contribution in [-0.4, -0.2) is 47.1 Å². The molecule has 0 unspecified atom stereocenters. The van der Waals surface area contributed by atoms with Gasteiger partial charge < -0.3 is 14.7 Å². The maximum Gasteiger partial charge on any atom is 0.414 e. The van der Waals surface area contributed by atoms with Crippen LogP contribution in [0.2, 0.25) is 0 Å². The van der Waals surface area contributed by atoms with Gasteiger partial charge in [0.1, 0.15) is 6.61 Å². The maximum absolute atomic E-state index is 12.8. The summed E-state index contributed by atoms with van der Waals surface area (Å²) >= 11 is 0. The Morgan fingerprint density at radius 2 is 1.72 bits per heavy atom. The van der Waals surface area contributed by atoms with Crippen LogP contribution < -0.4 is 4.90 Å². The van der Waals surface area contributed by atoms with Gasteiger partial charge >= 0.3 is 12.1 Å². The number of likely N-dealkylation sites (tertiary alicyclic amines) is 1. The molecule has 2 aliphatic rings. The number of piperidine rings is 1. The molecule has 1 N–H and O–H groups in total. The summed E-state index contributed by atoms with van der Waals surface area (Å²) in [6, 6.07) is 14.4. The van der Waals surface area contributed by atoms with Crippen LogP contribution in [0.3, 0.4) is 0 Å². The first-order chi connectivity index (χ1) is 14.0. The van der Waals surface area contributed by atoms with Gasteiger partial charge in [-0.2, -0.15) is 0 Å². The van der Waals surface area contributed by atoms with E-state index < -0.39 is 5.97 Å². The molecule has 4 rings (SSSR count). The van der Waals surface area contributed by atoms with Gasteiger partial charge in [0.2, 0.25) is 0 Å². The molecule has 0 radical (unpaired) electrons. The highest BCUT2D eigenvalue weighted by molar-refractivity contribution is 5.94. The van der Waals surface area contributed by atoms with Crippen LogP contribution in [0, 0.1) is 0 Å². The van der Waals surface area contributed by atoms with Crippen LogP contribution in [0.5, 0.6) is 0 Å². The molecular weight excluding hydrogens is 372 g/mol. The summed E-state index contributed by atoms with van der Waals surface area (Å²) in [5.74, 6) is -0.976. The number of anilines is 1. The van der Waals surface area contributed by atoms with Gasteiger partial charge in [0.25, 0.3) is 5.91 Å². The van der Waals surface area contributed by atoms with E-state index in [0.29, 0.717) is 43.7 Å². The molecule has 2 aromatic carbocycles. The Kier molecular flexibility index (Phi) is 5.20. The van der Waals surface area contributed by atoms with Crippen molar-refractivity contribution in [1.82, 2.24) is 4.90 Å². The molecule has 29 heavy (non-hydrogen) atoms. The van der Waals surface area contributed by atoms with E-state index in [4.69, 9.17) is 9.84 Å². The summed E-state index contributed by atoms with van der Waals surface area (Å²) in [6.45, 7) is 1.39. The van der Waals surface area contributed by atoms with Gasteiger partial charge in [0, 0.05) is 30.3 Å². The first-order valence-corrected chi connectivity index (χ1v) is 9.67. The minimum atomic E-state index is -0.899. The minimum Gasteiger partial charge on any atom is -0.481 e. The Morgan fingerprint density at radius 1 is 1.03 bits per heavy atom. The molecule has 0 atom stereocenters. The van der Waals surface area contributed by atoms with Crippen LogP contribution in [0.25, 0.3) is 0 Å². The molecule has 0 aliphatic carbocycles. The number of benzene rings is 2. The zero-order valence-electron chi connectivity index (χ0n) is 15.9.